The predicted octanol–water partition coefficient (Wildman–Crippen LogP) is 2.82. The van der Waals surface area contributed by atoms with Crippen LogP contribution >= 0.6 is 0 Å². The van der Waals surface area contributed by atoms with Crippen molar-refractivity contribution in [3.05, 3.63) is 54.7 Å². The van der Waals surface area contributed by atoms with Crippen LogP contribution in [0.3, 0.4) is 0 Å². The fourth-order valence-electron chi connectivity index (χ4n) is 1.99. The number of benzene rings is 1. The summed E-state index contributed by atoms with van der Waals surface area (Å²) in [6, 6.07) is 12.8. The molecule has 0 atom stereocenters. The minimum Gasteiger partial charge on any atom is -0.271 e. The third kappa shape index (κ3) is 5.37. The quantitative estimate of drug-likeness (QED) is 0.608. The van der Waals surface area contributed by atoms with Crippen LogP contribution < -0.4 is 9.73 Å². The highest BCUT2D eigenvalue weighted by Gasteiger charge is 2.28. The summed E-state index contributed by atoms with van der Waals surface area (Å²) in [5, 5.41) is 4.07. The molecule has 0 aliphatic heterocycles. The number of hydrogen-bond donors (Lipinski definition) is 1. The summed E-state index contributed by atoms with van der Waals surface area (Å²) < 4.78 is 27.0. The Hall–Kier alpha value is -2.74. The van der Waals surface area contributed by atoms with Gasteiger partial charge in [-0.05, 0) is 31.2 Å². The molecule has 0 aliphatic rings. The summed E-state index contributed by atoms with van der Waals surface area (Å²) in [5.74, 6) is -0.392. The molecule has 0 unspecified atom stereocenters. The van der Waals surface area contributed by atoms with E-state index in [-0.39, 0.29) is 16.1 Å². The van der Waals surface area contributed by atoms with Crippen LogP contribution in [0.15, 0.2) is 64.7 Å². The molecule has 0 bridgehead atoms. The van der Waals surface area contributed by atoms with Crippen LogP contribution in [0, 0.1) is 5.41 Å². The molecule has 1 aromatic heterocycles. The molecule has 8 heteroatoms. The Morgan fingerprint density at radius 3 is 2.30 bits per heavy atom. The smallest absolute Gasteiger partial charge is 0.265 e. The van der Waals surface area contributed by atoms with Crippen molar-refractivity contribution in [3.63, 3.8) is 0 Å². The van der Waals surface area contributed by atoms with E-state index in [9.17, 15) is 13.2 Å². The van der Waals surface area contributed by atoms with E-state index in [0.717, 1.165) is 10.0 Å². The number of carbonyl (C=O) groups excluding carboxylic acids is 1. The Labute approximate surface area is 160 Å². The van der Waals surface area contributed by atoms with Gasteiger partial charge < -0.3 is 0 Å². The number of sulfonamides is 1. The van der Waals surface area contributed by atoms with Crippen molar-refractivity contribution in [2.75, 3.05) is 10.8 Å². The topological polar surface area (TPSA) is 91.7 Å². The van der Waals surface area contributed by atoms with Crippen molar-refractivity contribution in [1.82, 2.24) is 10.4 Å². The van der Waals surface area contributed by atoms with Crippen molar-refractivity contribution < 1.29 is 13.2 Å². The largest absolute Gasteiger partial charge is 0.271 e. The number of anilines is 1. The number of pyridine rings is 1. The SMILES string of the molecule is CC(=NNC(=O)CN(c1ccccn1)S(=O)(=O)c1ccccc1)C(C)(C)C. The molecule has 27 heavy (non-hydrogen) atoms. The molecule has 144 valence electrons. The van der Waals surface area contributed by atoms with Crippen LogP contribution in [0.1, 0.15) is 27.7 Å². The van der Waals surface area contributed by atoms with Gasteiger partial charge in [0.1, 0.15) is 12.4 Å². The first-order chi connectivity index (χ1) is 12.6. The molecule has 1 aromatic carbocycles. The predicted molar refractivity (Wildman–Crippen MR) is 106 cm³/mol. The Morgan fingerprint density at radius 2 is 1.74 bits per heavy atom. The molecule has 2 aromatic rings. The van der Waals surface area contributed by atoms with Crippen LogP contribution in [0.2, 0.25) is 0 Å². The second-order valence-corrected chi connectivity index (χ2v) is 8.86. The zero-order valence-corrected chi connectivity index (χ0v) is 16.7. The molecule has 7 nitrogen and oxygen atoms in total. The van der Waals surface area contributed by atoms with E-state index in [1.54, 1.807) is 37.3 Å². The highest BCUT2D eigenvalue weighted by molar-refractivity contribution is 7.92. The lowest BCUT2D eigenvalue weighted by atomic mass is 9.91. The number of nitrogens with one attached hydrogen (secondary N) is 1. The van der Waals surface area contributed by atoms with Gasteiger partial charge in [0.2, 0.25) is 0 Å². The maximum atomic E-state index is 13.0. The minimum absolute atomic E-state index is 0.0813. The molecule has 1 heterocycles. The van der Waals surface area contributed by atoms with Gasteiger partial charge in [-0.15, -0.1) is 0 Å². The molecule has 2 rings (SSSR count). The molecular formula is C19H24N4O3S. The van der Waals surface area contributed by atoms with E-state index in [1.165, 1.54) is 24.4 Å². The van der Waals surface area contributed by atoms with E-state index in [0.29, 0.717) is 0 Å². The molecule has 1 N–H and O–H groups in total. The second-order valence-electron chi connectivity index (χ2n) is 6.99. The number of carbonyl (C=O) groups is 1. The Morgan fingerprint density at radius 1 is 1.11 bits per heavy atom. The first-order valence-corrected chi connectivity index (χ1v) is 9.89. The normalized spacial score (nSPS) is 12.5. The first kappa shape index (κ1) is 20.6. The van der Waals surface area contributed by atoms with Gasteiger partial charge >= 0.3 is 0 Å². The fourth-order valence-corrected chi connectivity index (χ4v) is 3.39. The molecule has 1 amide bonds. The fraction of sp³-hybridized carbons (Fsp3) is 0.316. The lowest BCUT2D eigenvalue weighted by molar-refractivity contribution is -0.119. The third-order valence-electron chi connectivity index (χ3n) is 3.96. The maximum Gasteiger partial charge on any atom is 0.265 e. The van der Waals surface area contributed by atoms with Crippen molar-refractivity contribution in [1.29, 1.82) is 0 Å². The standard InChI is InChI=1S/C19H24N4O3S/c1-15(19(2,3)4)21-22-18(24)14-23(17-12-8-9-13-20-17)27(25,26)16-10-6-5-7-11-16/h5-13H,14H2,1-4H3,(H,22,24). The molecule has 0 spiro atoms. The van der Waals surface area contributed by atoms with Gasteiger partial charge in [-0.3, -0.25) is 4.79 Å². The molecular weight excluding hydrogens is 364 g/mol. The number of hydrogen-bond acceptors (Lipinski definition) is 5. The number of amides is 1. The summed E-state index contributed by atoms with van der Waals surface area (Å²) in [7, 11) is -3.95. The number of nitrogens with zero attached hydrogens (tertiary/aromatic N) is 3. The first-order valence-electron chi connectivity index (χ1n) is 8.45. The van der Waals surface area contributed by atoms with E-state index >= 15 is 0 Å². The van der Waals surface area contributed by atoms with Gasteiger partial charge in [-0.2, -0.15) is 5.10 Å². The van der Waals surface area contributed by atoms with Gasteiger partial charge in [-0.1, -0.05) is 45.0 Å². The minimum atomic E-state index is -3.95. The average molecular weight is 388 g/mol. The van der Waals surface area contributed by atoms with E-state index in [4.69, 9.17) is 0 Å². The zero-order valence-electron chi connectivity index (χ0n) is 15.9. The van der Waals surface area contributed by atoms with Gasteiger partial charge in [0, 0.05) is 17.3 Å². The van der Waals surface area contributed by atoms with E-state index in [2.05, 4.69) is 15.5 Å². The lowest BCUT2D eigenvalue weighted by Crippen LogP contribution is -2.40. The summed E-state index contributed by atoms with van der Waals surface area (Å²) in [4.78, 5) is 16.6. The summed E-state index contributed by atoms with van der Waals surface area (Å²) in [6.45, 7) is 7.28. The van der Waals surface area contributed by atoms with Crippen molar-refractivity contribution in [3.8, 4) is 0 Å². The van der Waals surface area contributed by atoms with Crippen LogP contribution in [0.5, 0.6) is 0 Å². The van der Waals surface area contributed by atoms with Crippen molar-refractivity contribution in [2.45, 2.75) is 32.6 Å². The van der Waals surface area contributed by atoms with E-state index in [1.807, 2.05) is 20.8 Å². The zero-order chi connectivity index (χ0) is 20.1. The Bertz CT molecular complexity index is 905. The summed E-state index contributed by atoms with van der Waals surface area (Å²) >= 11 is 0. The summed E-state index contributed by atoms with van der Waals surface area (Å²) in [6.07, 6.45) is 1.47. The van der Waals surface area contributed by atoms with Gasteiger partial charge in [0.15, 0.2) is 0 Å². The maximum absolute atomic E-state index is 13.0. The second kappa shape index (κ2) is 8.30. The molecule has 0 radical (unpaired) electrons. The Balaban J connectivity index is 2.31. The van der Waals surface area contributed by atoms with Crippen LogP contribution in [0.25, 0.3) is 0 Å². The van der Waals surface area contributed by atoms with Crippen LogP contribution in [-0.2, 0) is 14.8 Å². The molecule has 0 saturated carbocycles. The average Bonchev–Trinajstić information content (AvgIpc) is 2.64. The van der Waals surface area contributed by atoms with Crippen molar-refractivity contribution >= 4 is 27.5 Å². The van der Waals surface area contributed by atoms with Crippen molar-refractivity contribution in [2.24, 2.45) is 10.5 Å². The molecule has 0 saturated heterocycles. The van der Waals surface area contributed by atoms with Gasteiger partial charge in [0.05, 0.1) is 4.90 Å². The van der Waals surface area contributed by atoms with Gasteiger partial charge in [0.25, 0.3) is 15.9 Å². The molecule has 0 aliphatic carbocycles. The third-order valence-corrected chi connectivity index (χ3v) is 5.72. The number of aromatic nitrogens is 1. The van der Waals surface area contributed by atoms with Crippen LogP contribution in [0.4, 0.5) is 5.82 Å². The highest BCUT2D eigenvalue weighted by atomic mass is 32.2. The van der Waals surface area contributed by atoms with Gasteiger partial charge in [-0.25, -0.2) is 23.1 Å². The van der Waals surface area contributed by atoms with Crippen LogP contribution in [-0.4, -0.2) is 31.6 Å². The summed E-state index contributed by atoms with van der Waals surface area (Å²) in [5.41, 5.74) is 2.95. The molecule has 0 fully saturated rings. The van der Waals surface area contributed by atoms with E-state index < -0.39 is 22.5 Å². The lowest BCUT2D eigenvalue weighted by Gasteiger charge is -2.23. The highest BCUT2D eigenvalue weighted by Crippen LogP contribution is 2.21. The monoisotopic (exact) mass is 388 g/mol. The number of hydrazone groups is 1. The Kier molecular flexibility index (Phi) is 6.32. The number of rotatable bonds is 6.